The van der Waals surface area contributed by atoms with Gasteiger partial charge in [0.15, 0.2) is 0 Å². The maximum atomic E-state index is 11.0. The lowest BCUT2D eigenvalue weighted by Gasteiger charge is -2.08. The van der Waals surface area contributed by atoms with Crippen molar-refractivity contribution >= 4 is 5.97 Å². The molecule has 0 saturated carbocycles. The molecule has 0 aromatic rings. The fourth-order valence-electron chi connectivity index (χ4n) is 1.08. The van der Waals surface area contributed by atoms with Gasteiger partial charge in [0, 0.05) is 0 Å². The molecule has 0 heterocycles. The number of esters is 1. The van der Waals surface area contributed by atoms with Crippen molar-refractivity contribution in [3.63, 3.8) is 0 Å². The molecule has 1 unspecified atom stereocenters. The second-order valence-electron chi connectivity index (χ2n) is 3.52. The van der Waals surface area contributed by atoms with Crippen LogP contribution in [0.2, 0.25) is 0 Å². The van der Waals surface area contributed by atoms with Crippen molar-refractivity contribution in [2.75, 3.05) is 6.61 Å². The van der Waals surface area contributed by atoms with E-state index >= 15 is 0 Å². The molecule has 3 nitrogen and oxygen atoms in total. The van der Waals surface area contributed by atoms with Gasteiger partial charge in [0.05, 0.1) is 19.1 Å². The van der Waals surface area contributed by atoms with Gasteiger partial charge in [-0.2, -0.15) is 0 Å². The van der Waals surface area contributed by atoms with Gasteiger partial charge < -0.3 is 9.84 Å². The van der Waals surface area contributed by atoms with Crippen molar-refractivity contribution in [2.45, 2.75) is 46.1 Å². The summed E-state index contributed by atoms with van der Waals surface area (Å²) in [7, 11) is 0. The monoisotopic (exact) mass is 200 g/mol. The Morgan fingerprint density at radius 2 is 2.14 bits per heavy atom. The molecule has 0 aromatic heterocycles. The molecule has 0 bridgehead atoms. The Morgan fingerprint density at radius 1 is 1.50 bits per heavy atom. The lowest BCUT2D eigenvalue weighted by Crippen LogP contribution is -2.15. The third-order valence-electron chi connectivity index (χ3n) is 1.76. The molecule has 14 heavy (non-hydrogen) atoms. The van der Waals surface area contributed by atoms with Crippen molar-refractivity contribution in [1.82, 2.24) is 0 Å². The van der Waals surface area contributed by atoms with Crippen molar-refractivity contribution in [2.24, 2.45) is 0 Å². The molecule has 0 radical (unpaired) electrons. The fourth-order valence-corrected chi connectivity index (χ4v) is 1.08. The predicted molar refractivity (Wildman–Crippen MR) is 55.9 cm³/mol. The summed E-state index contributed by atoms with van der Waals surface area (Å²) in [5.74, 6) is -0.322. The molecule has 3 heteroatoms. The Hall–Kier alpha value is -0.830. The Labute approximate surface area is 85.8 Å². The van der Waals surface area contributed by atoms with Crippen LogP contribution in [0, 0.1) is 0 Å². The van der Waals surface area contributed by atoms with Crippen LogP contribution in [-0.2, 0) is 9.53 Å². The van der Waals surface area contributed by atoms with E-state index in [0.717, 1.165) is 6.42 Å². The summed E-state index contributed by atoms with van der Waals surface area (Å²) in [5.41, 5.74) is 1.23. The van der Waals surface area contributed by atoms with Crippen LogP contribution < -0.4 is 0 Å². The van der Waals surface area contributed by atoms with Gasteiger partial charge in [0.2, 0.25) is 0 Å². The first-order chi connectivity index (χ1) is 6.56. The molecule has 0 rings (SSSR count). The number of aliphatic hydroxyl groups is 1. The second kappa shape index (κ2) is 7.56. The molecule has 0 saturated heterocycles. The third kappa shape index (κ3) is 7.80. The number of hydrogen-bond acceptors (Lipinski definition) is 3. The first kappa shape index (κ1) is 13.2. The van der Waals surface area contributed by atoms with Crippen LogP contribution >= 0.6 is 0 Å². The van der Waals surface area contributed by atoms with E-state index in [1.165, 1.54) is 5.57 Å². The van der Waals surface area contributed by atoms with E-state index in [1.807, 2.05) is 19.9 Å². The lowest BCUT2D eigenvalue weighted by atomic mass is 10.1. The van der Waals surface area contributed by atoms with Crippen LogP contribution in [0.1, 0.15) is 40.0 Å². The molecule has 0 aliphatic carbocycles. The number of carbonyl (C=O) groups excluding carboxylic acids is 1. The van der Waals surface area contributed by atoms with Crippen molar-refractivity contribution < 1.29 is 14.6 Å². The first-order valence-corrected chi connectivity index (χ1v) is 5.03. The standard InChI is InChI=1S/C11H20O3/c1-4-14-11(13)8-10(12)7-5-6-9(2)3/h6,10,12H,4-5,7-8H2,1-3H3. The smallest absolute Gasteiger partial charge is 0.308 e. The summed E-state index contributed by atoms with van der Waals surface area (Å²) in [6, 6.07) is 0. The molecule has 82 valence electrons. The highest BCUT2D eigenvalue weighted by Crippen LogP contribution is 2.05. The number of hydrogen-bond donors (Lipinski definition) is 1. The van der Waals surface area contributed by atoms with Gasteiger partial charge in [-0.25, -0.2) is 0 Å². The zero-order valence-electron chi connectivity index (χ0n) is 9.25. The number of carbonyl (C=O) groups is 1. The van der Waals surface area contributed by atoms with Gasteiger partial charge >= 0.3 is 5.97 Å². The molecule has 0 aliphatic heterocycles. The summed E-state index contributed by atoms with van der Waals surface area (Å²) in [5, 5.41) is 9.43. The molecular weight excluding hydrogens is 180 g/mol. The SMILES string of the molecule is CCOC(=O)CC(O)CCC=C(C)C. The predicted octanol–water partition coefficient (Wildman–Crippen LogP) is 2.05. The van der Waals surface area contributed by atoms with E-state index in [1.54, 1.807) is 6.92 Å². The number of aliphatic hydroxyl groups excluding tert-OH is 1. The molecule has 0 aromatic carbocycles. The largest absolute Gasteiger partial charge is 0.466 e. The highest BCUT2D eigenvalue weighted by atomic mass is 16.5. The zero-order valence-corrected chi connectivity index (χ0v) is 9.25. The quantitative estimate of drug-likeness (QED) is 0.527. The zero-order chi connectivity index (χ0) is 11.0. The van der Waals surface area contributed by atoms with Gasteiger partial charge in [-0.3, -0.25) is 4.79 Å². The van der Waals surface area contributed by atoms with Crippen LogP contribution in [0.4, 0.5) is 0 Å². The van der Waals surface area contributed by atoms with E-state index in [4.69, 9.17) is 4.74 Å². The minimum Gasteiger partial charge on any atom is -0.466 e. The average molecular weight is 200 g/mol. The first-order valence-electron chi connectivity index (χ1n) is 5.03. The Balaban J connectivity index is 3.59. The van der Waals surface area contributed by atoms with Crippen LogP contribution in [0.25, 0.3) is 0 Å². The lowest BCUT2D eigenvalue weighted by molar-refractivity contribution is -0.145. The third-order valence-corrected chi connectivity index (χ3v) is 1.76. The molecule has 0 fully saturated rings. The highest BCUT2D eigenvalue weighted by Gasteiger charge is 2.10. The van der Waals surface area contributed by atoms with Crippen LogP contribution in [0.15, 0.2) is 11.6 Å². The molecule has 0 amide bonds. The summed E-state index contributed by atoms with van der Waals surface area (Å²) in [4.78, 5) is 11.0. The van der Waals surface area contributed by atoms with E-state index in [0.29, 0.717) is 13.0 Å². The van der Waals surface area contributed by atoms with Crippen LogP contribution in [0.3, 0.4) is 0 Å². The van der Waals surface area contributed by atoms with Crippen molar-refractivity contribution in [3.05, 3.63) is 11.6 Å². The molecule has 1 N–H and O–H groups in total. The Morgan fingerprint density at radius 3 is 2.64 bits per heavy atom. The molecule has 0 spiro atoms. The van der Waals surface area contributed by atoms with Crippen LogP contribution in [0.5, 0.6) is 0 Å². The summed E-state index contributed by atoms with van der Waals surface area (Å²) >= 11 is 0. The number of ether oxygens (including phenoxy) is 1. The normalized spacial score (nSPS) is 12.0. The number of rotatable bonds is 6. The van der Waals surface area contributed by atoms with E-state index in [2.05, 4.69) is 0 Å². The molecule has 1 atom stereocenters. The highest BCUT2D eigenvalue weighted by molar-refractivity contribution is 5.69. The van der Waals surface area contributed by atoms with Gasteiger partial charge in [0.25, 0.3) is 0 Å². The van der Waals surface area contributed by atoms with Gasteiger partial charge in [-0.05, 0) is 33.6 Å². The summed E-state index contributed by atoms with van der Waals surface area (Å²) in [6.07, 6.45) is 3.00. The van der Waals surface area contributed by atoms with Crippen molar-refractivity contribution in [1.29, 1.82) is 0 Å². The van der Waals surface area contributed by atoms with E-state index in [9.17, 15) is 9.90 Å². The van der Waals surface area contributed by atoms with Gasteiger partial charge in [-0.15, -0.1) is 0 Å². The second-order valence-corrected chi connectivity index (χ2v) is 3.52. The van der Waals surface area contributed by atoms with Crippen LogP contribution in [-0.4, -0.2) is 23.8 Å². The summed E-state index contributed by atoms with van der Waals surface area (Å²) in [6.45, 7) is 6.16. The maximum absolute atomic E-state index is 11.0. The topological polar surface area (TPSA) is 46.5 Å². The molecule has 0 aliphatic rings. The van der Waals surface area contributed by atoms with Gasteiger partial charge in [0.1, 0.15) is 0 Å². The minimum atomic E-state index is -0.579. The molecular formula is C11H20O3. The Kier molecular flexibility index (Phi) is 7.11. The number of allylic oxidation sites excluding steroid dienone is 2. The van der Waals surface area contributed by atoms with Gasteiger partial charge in [-0.1, -0.05) is 11.6 Å². The fraction of sp³-hybridized carbons (Fsp3) is 0.727. The average Bonchev–Trinajstić information content (AvgIpc) is 2.03. The van der Waals surface area contributed by atoms with E-state index < -0.39 is 6.10 Å². The minimum absolute atomic E-state index is 0.102. The maximum Gasteiger partial charge on any atom is 0.308 e. The van der Waals surface area contributed by atoms with Crippen molar-refractivity contribution in [3.8, 4) is 0 Å². The summed E-state index contributed by atoms with van der Waals surface area (Å²) < 4.78 is 4.73. The van der Waals surface area contributed by atoms with E-state index in [-0.39, 0.29) is 12.4 Å². The Bertz CT molecular complexity index is 193.